The standard InChI is InChI=1S/C35H24ClF5N4O6/c36-24-9-8-20(37)15-26(24)51-30-25(42-32(47)17-11-19(35(39,40)41)14-21(38)12-17)13-18(16-46)29-28(30)31(43-45(29)27-7-3-4-10-50-27)44-33(48)22-5-1-2-6-23(22)34(44)49/h1-2,5-6,8-9,11-15,27,46H,3-4,7,10,16H2,(H,42,47). The van der Waals surface area contributed by atoms with Crippen molar-refractivity contribution in [3.05, 3.63) is 111 Å². The summed E-state index contributed by atoms with van der Waals surface area (Å²) < 4.78 is 82.9. The Morgan fingerprint density at radius 3 is 2.37 bits per heavy atom. The minimum atomic E-state index is -4.99. The molecule has 7 rings (SSSR count). The van der Waals surface area contributed by atoms with Gasteiger partial charge < -0.3 is 19.9 Å². The van der Waals surface area contributed by atoms with Gasteiger partial charge in [0, 0.05) is 23.8 Å². The number of anilines is 2. The molecule has 0 aliphatic carbocycles. The van der Waals surface area contributed by atoms with Gasteiger partial charge in [0.05, 0.1) is 44.9 Å². The van der Waals surface area contributed by atoms with E-state index in [0.717, 1.165) is 23.5 Å². The molecule has 2 N–H and O–H groups in total. The van der Waals surface area contributed by atoms with Crippen LogP contribution < -0.4 is 15.0 Å². The number of alkyl halides is 3. The van der Waals surface area contributed by atoms with Crippen LogP contribution in [0.5, 0.6) is 11.5 Å². The molecule has 0 spiro atoms. The van der Waals surface area contributed by atoms with Gasteiger partial charge in [0.15, 0.2) is 17.8 Å². The number of aliphatic hydroxyl groups is 1. The van der Waals surface area contributed by atoms with Gasteiger partial charge >= 0.3 is 6.18 Å². The minimum Gasteiger partial charge on any atom is -0.453 e. The Hall–Kier alpha value is -5.38. The Kier molecular flexibility index (Phi) is 8.73. The largest absolute Gasteiger partial charge is 0.453 e. The van der Waals surface area contributed by atoms with E-state index in [1.54, 1.807) is 12.1 Å². The van der Waals surface area contributed by atoms with Crippen LogP contribution in [0.2, 0.25) is 5.02 Å². The zero-order valence-electron chi connectivity index (χ0n) is 26.1. The van der Waals surface area contributed by atoms with E-state index in [1.165, 1.54) is 28.9 Å². The molecular weight excluding hydrogens is 703 g/mol. The number of amides is 3. The zero-order chi connectivity index (χ0) is 36.2. The topological polar surface area (TPSA) is 123 Å². The molecule has 0 radical (unpaired) electrons. The number of hydrogen-bond acceptors (Lipinski definition) is 7. The summed E-state index contributed by atoms with van der Waals surface area (Å²) in [7, 11) is 0. The van der Waals surface area contributed by atoms with E-state index in [9.17, 15) is 41.4 Å². The number of fused-ring (bicyclic) bond motifs is 2. The van der Waals surface area contributed by atoms with Crippen LogP contribution in [0.3, 0.4) is 0 Å². The van der Waals surface area contributed by atoms with Gasteiger partial charge in [0.2, 0.25) is 0 Å². The molecule has 0 saturated carbocycles. The van der Waals surface area contributed by atoms with E-state index >= 15 is 0 Å². The van der Waals surface area contributed by atoms with E-state index < -0.39 is 59.5 Å². The van der Waals surface area contributed by atoms with Crippen LogP contribution in [0.15, 0.2) is 66.7 Å². The van der Waals surface area contributed by atoms with Gasteiger partial charge in [0.1, 0.15) is 17.4 Å². The molecule has 4 aromatic carbocycles. The lowest BCUT2D eigenvalue weighted by Gasteiger charge is -2.24. The molecule has 1 atom stereocenters. The Morgan fingerprint density at radius 2 is 1.73 bits per heavy atom. The third kappa shape index (κ3) is 6.17. The first-order chi connectivity index (χ1) is 24.3. The molecular formula is C35H24ClF5N4O6. The smallest absolute Gasteiger partial charge is 0.416 e. The van der Waals surface area contributed by atoms with Crippen molar-refractivity contribution in [3.8, 4) is 11.5 Å². The number of hydrogen-bond donors (Lipinski definition) is 2. The predicted molar refractivity (Wildman–Crippen MR) is 173 cm³/mol. The lowest BCUT2D eigenvalue weighted by atomic mass is 10.1. The van der Waals surface area contributed by atoms with Crippen LogP contribution in [-0.2, 0) is 17.5 Å². The van der Waals surface area contributed by atoms with Crippen LogP contribution in [0.4, 0.5) is 33.5 Å². The molecule has 10 nitrogen and oxygen atoms in total. The van der Waals surface area contributed by atoms with E-state index in [4.69, 9.17) is 21.1 Å². The van der Waals surface area contributed by atoms with E-state index in [0.29, 0.717) is 31.6 Å². The number of rotatable bonds is 7. The van der Waals surface area contributed by atoms with Crippen LogP contribution in [0.25, 0.3) is 10.9 Å². The molecule has 1 saturated heterocycles. The molecule has 5 aromatic rings. The lowest BCUT2D eigenvalue weighted by molar-refractivity contribution is -0.137. The normalized spacial score (nSPS) is 16.1. The molecule has 262 valence electrons. The SMILES string of the molecule is O=C(Nc1cc(CO)c2c(c(N3C(=O)c4ccccc4C3=O)nn2C2CCCCO2)c1Oc1cc(F)ccc1Cl)c1cc(F)cc(C(F)(F)F)c1. The molecule has 51 heavy (non-hydrogen) atoms. The lowest BCUT2D eigenvalue weighted by Crippen LogP contribution is -2.30. The number of nitrogens with zero attached hydrogens (tertiary/aromatic N) is 3. The van der Waals surface area contributed by atoms with Gasteiger partial charge in [-0.05, 0) is 67.8 Å². The second-order valence-corrected chi connectivity index (χ2v) is 12.1. The van der Waals surface area contributed by atoms with Crippen molar-refractivity contribution in [2.24, 2.45) is 0 Å². The van der Waals surface area contributed by atoms with E-state index in [1.807, 2.05) is 0 Å². The maximum atomic E-state index is 14.5. The highest BCUT2D eigenvalue weighted by Gasteiger charge is 2.41. The van der Waals surface area contributed by atoms with E-state index in [-0.39, 0.29) is 61.7 Å². The molecule has 2 aliphatic heterocycles. The number of aromatic nitrogens is 2. The second-order valence-electron chi connectivity index (χ2n) is 11.7. The summed E-state index contributed by atoms with van der Waals surface area (Å²) in [5, 5.41) is 17.4. The number of benzene rings is 4. The molecule has 16 heteroatoms. The van der Waals surface area contributed by atoms with Crippen molar-refractivity contribution < 1.29 is 50.9 Å². The Bertz CT molecular complexity index is 2220. The van der Waals surface area contributed by atoms with Crippen molar-refractivity contribution in [1.82, 2.24) is 9.78 Å². The highest BCUT2D eigenvalue weighted by atomic mass is 35.5. The second kappa shape index (κ2) is 13.1. The fourth-order valence-electron chi connectivity index (χ4n) is 6.11. The van der Waals surface area contributed by atoms with Crippen LogP contribution in [0.1, 0.15) is 67.7 Å². The van der Waals surface area contributed by atoms with Gasteiger partial charge in [-0.2, -0.15) is 18.3 Å². The number of carbonyl (C=O) groups excluding carboxylic acids is 3. The van der Waals surface area contributed by atoms with Gasteiger partial charge in [-0.25, -0.2) is 18.4 Å². The molecule has 1 unspecified atom stereocenters. The Morgan fingerprint density at radius 1 is 1.00 bits per heavy atom. The van der Waals surface area contributed by atoms with Crippen molar-refractivity contribution >= 4 is 51.7 Å². The molecule has 1 aromatic heterocycles. The first-order valence-electron chi connectivity index (χ1n) is 15.5. The summed E-state index contributed by atoms with van der Waals surface area (Å²) in [6.45, 7) is -0.384. The van der Waals surface area contributed by atoms with Crippen LogP contribution in [0, 0.1) is 11.6 Å². The van der Waals surface area contributed by atoms with Crippen LogP contribution >= 0.6 is 11.6 Å². The highest BCUT2D eigenvalue weighted by molar-refractivity contribution is 6.36. The number of halogens is 6. The molecule has 2 aliphatic rings. The van der Waals surface area contributed by atoms with Crippen LogP contribution in [-0.4, -0.2) is 39.2 Å². The fourth-order valence-corrected chi connectivity index (χ4v) is 6.26. The van der Waals surface area contributed by atoms with Crippen molar-refractivity contribution in [2.75, 3.05) is 16.8 Å². The molecule has 3 amide bonds. The first kappa shape index (κ1) is 34.1. The average molecular weight is 727 g/mol. The van der Waals surface area contributed by atoms with E-state index in [2.05, 4.69) is 10.4 Å². The fraction of sp³-hybridized carbons (Fsp3) is 0.200. The Labute approximate surface area is 289 Å². The third-order valence-electron chi connectivity index (χ3n) is 8.43. The van der Waals surface area contributed by atoms with Gasteiger partial charge in [-0.15, -0.1) is 0 Å². The number of carbonyl (C=O) groups is 3. The van der Waals surface area contributed by atoms with Gasteiger partial charge in [0.25, 0.3) is 17.7 Å². The molecule has 1 fully saturated rings. The number of ether oxygens (including phenoxy) is 2. The maximum Gasteiger partial charge on any atom is 0.416 e. The summed E-state index contributed by atoms with van der Waals surface area (Å²) in [6.07, 6.45) is -3.84. The summed E-state index contributed by atoms with van der Waals surface area (Å²) in [5.41, 5.74) is -2.21. The van der Waals surface area contributed by atoms with Gasteiger partial charge in [-0.3, -0.25) is 14.4 Å². The summed E-state index contributed by atoms with van der Waals surface area (Å²) >= 11 is 6.36. The van der Waals surface area contributed by atoms with Crippen molar-refractivity contribution in [2.45, 2.75) is 38.3 Å². The summed E-state index contributed by atoms with van der Waals surface area (Å²) in [5.74, 6) is -5.88. The van der Waals surface area contributed by atoms with Gasteiger partial charge in [-0.1, -0.05) is 23.7 Å². The number of aliphatic hydroxyl groups excluding tert-OH is 1. The number of nitrogens with one attached hydrogen (secondary N) is 1. The quantitative estimate of drug-likeness (QED) is 0.129. The molecule has 0 bridgehead atoms. The highest BCUT2D eigenvalue weighted by Crippen LogP contribution is 2.48. The summed E-state index contributed by atoms with van der Waals surface area (Å²) in [6, 6.07) is 11.6. The monoisotopic (exact) mass is 726 g/mol. The molecule has 3 heterocycles. The maximum absolute atomic E-state index is 14.5. The minimum absolute atomic E-state index is 0.0535. The van der Waals surface area contributed by atoms with Crippen molar-refractivity contribution in [1.29, 1.82) is 0 Å². The first-order valence-corrected chi connectivity index (χ1v) is 15.8. The Balaban J connectivity index is 1.50. The number of imide groups is 1. The predicted octanol–water partition coefficient (Wildman–Crippen LogP) is 8.02. The summed E-state index contributed by atoms with van der Waals surface area (Å²) in [4.78, 5) is 42.0. The third-order valence-corrected chi connectivity index (χ3v) is 8.74. The zero-order valence-corrected chi connectivity index (χ0v) is 26.8. The van der Waals surface area contributed by atoms with Crippen molar-refractivity contribution in [3.63, 3.8) is 0 Å². The average Bonchev–Trinajstić information content (AvgIpc) is 3.61.